The highest BCUT2D eigenvalue weighted by Gasteiger charge is 2.13. The number of nitrogens with zero attached hydrogens (tertiary/aromatic N) is 2. The lowest BCUT2D eigenvalue weighted by atomic mass is 10.2. The zero-order chi connectivity index (χ0) is 17.6. The van der Waals surface area contributed by atoms with Gasteiger partial charge in [0.1, 0.15) is 5.03 Å². The minimum absolute atomic E-state index is 0.239. The van der Waals surface area contributed by atoms with Gasteiger partial charge in [-0.25, -0.2) is 4.98 Å². The van der Waals surface area contributed by atoms with Crippen LogP contribution in [0.25, 0.3) is 0 Å². The average Bonchev–Trinajstić information content (AvgIpc) is 2.64. The van der Waals surface area contributed by atoms with Crippen LogP contribution in [-0.4, -0.2) is 10.9 Å². The Kier molecular flexibility index (Phi) is 5.49. The molecule has 0 aliphatic rings. The fourth-order valence-electron chi connectivity index (χ4n) is 2.09. The van der Waals surface area contributed by atoms with Crippen LogP contribution in [0.2, 0.25) is 0 Å². The fourth-order valence-corrected chi connectivity index (χ4v) is 3.23. The van der Waals surface area contributed by atoms with Crippen LogP contribution >= 0.6 is 27.7 Å². The maximum Gasteiger partial charge on any atom is 0.258 e. The van der Waals surface area contributed by atoms with Gasteiger partial charge in [0.15, 0.2) is 0 Å². The van der Waals surface area contributed by atoms with Crippen LogP contribution in [0.15, 0.2) is 81.3 Å². The Balaban J connectivity index is 1.80. The molecule has 1 N–H and O–H groups in total. The summed E-state index contributed by atoms with van der Waals surface area (Å²) in [6.07, 6.45) is 1.67. The molecule has 0 spiro atoms. The van der Waals surface area contributed by atoms with Crippen molar-refractivity contribution in [2.24, 2.45) is 0 Å². The summed E-state index contributed by atoms with van der Waals surface area (Å²) in [6, 6.07) is 20.1. The Bertz CT molecular complexity index is 934. The average molecular weight is 410 g/mol. The second-order valence-electron chi connectivity index (χ2n) is 5.06. The van der Waals surface area contributed by atoms with Crippen molar-refractivity contribution in [1.82, 2.24) is 4.98 Å². The molecule has 1 heterocycles. The van der Waals surface area contributed by atoms with Gasteiger partial charge in [-0.15, -0.1) is 0 Å². The van der Waals surface area contributed by atoms with E-state index in [0.717, 1.165) is 9.37 Å². The van der Waals surface area contributed by atoms with Gasteiger partial charge in [-0.3, -0.25) is 4.79 Å². The van der Waals surface area contributed by atoms with Crippen molar-refractivity contribution in [3.8, 4) is 6.07 Å². The Morgan fingerprint density at radius 2 is 1.80 bits per heavy atom. The number of pyridine rings is 1. The monoisotopic (exact) mass is 409 g/mol. The summed E-state index contributed by atoms with van der Waals surface area (Å²) in [5.74, 6) is -0.239. The van der Waals surface area contributed by atoms with E-state index in [-0.39, 0.29) is 5.91 Å². The van der Waals surface area contributed by atoms with Gasteiger partial charge in [0.25, 0.3) is 5.91 Å². The largest absolute Gasteiger partial charge is 0.322 e. The quantitative estimate of drug-likeness (QED) is 0.649. The second-order valence-corrected chi connectivity index (χ2v) is 7.03. The van der Waals surface area contributed by atoms with Gasteiger partial charge < -0.3 is 5.32 Å². The molecule has 0 atom stereocenters. The van der Waals surface area contributed by atoms with Crippen LogP contribution in [0, 0.1) is 11.3 Å². The minimum Gasteiger partial charge on any atom is -0.322 e. The molecule has 0 unspecified atom stereocenters. The third-order valence-corrected chi connectivity index (χ3v) is 4.87. The lowest BCUT2D eigenvalue weighted by Gasteiger charge is -2.09. The zero-order valence-corrected chi connectivity index (χ0v) is 15.3. The summed E-state index contributed by atoms with van der Waals surface area (Å²) in [5.41, 5.74) is 1.68. The third kappa shape index (κ3) is 4.47. The lowest BCUT2D eigenvalue weighted by molar-refractivity contribution is 0.102. The van der Waals surface area contributed by atoms with Crippen molar-refractivity contribution in [2.45, 2.75) is 9.92 Å². The molecular weight excluding hydrogens is 398 g/mol. The number of carbonyl (C=O) groups is 1. The molecule has 0 aliphatic carbocycles. The molecular formula is C19H12BrN3OS. The highest BCUT2D eigenvalue weighted by atomic mass is 79.9. The van der Waals surface area contributed by atoms with Gasteiger partial charge in [-0.1, -0.05) is 27.7 Å². The number of anilines is 1. The van der Waals surface area contributed by atoms with E-state index in [1.54, 1.807) is 42.6 Å². The summed E-state index contributed by atoms with van der Waals surface area (Å²) in [6.45, 7) is 0. The van der Waals surface area contributed by atoms with E-state index in [2.05, 4.69) is 32.3 Å². The van der Waals surface area contributed by atoms with Gasteiger partial charge >= 0.3 is 0 Å². The maximum absolute atomic E-state index is 12.6. The molecule has 3 rings (SSSR count). The number of halogens is 1. The van der Waals surface area contributed by atoms with Crippen LogP contribution in [0.5, 0.6) is 0 Å². The number of nitriles is 1. The molecule has 6 heteroatoms. The van der Waals surface area contributed by atoms with E-state index in [0.29, 0.717) is 21.8 Å². The highest BCUT2D eigenvalue weighted by Crippen LogP contribution is 2.30. The molecule has 3 aromatic rings. The molecule has 25 heavy (non-hydrogen) atoms. The second kappa shape index (κ2) is 7.97. The van der Waals surface area contributed by atoms with Gasteiger partial charge in [-0.05, 0) is 60.7 Å². The third-order valence-electron chi connectivity index (χ3n) is 3.32. The maximum atomic E-state index is 12.6. The van der Waals surface area contributed by atoms with Gasteiger partial charge in [0.05, 0.1) is 17.2 Å². The molecule has 4 nitrogen and oxygen atoms in total. The Morgan fingerprint density at radius 1 is 1.08 bits per heavy atom. The summed E-state index contributed by atoms with van der Waals surface area (Å²) in [4.78, 5) is 17.9. The Hall–Kier alpha value is -2.62. The first-order valence-electron chi connectivity index (χ1n) is 7.35. The minimum atomic E-state index is -0.239. The first kappa shape index (κ1) is 17.2. The number of amides is 1. The first-order chi connectivity index (χ1) is 12.2. The van der Waals surface area contributed by atoms with Crippen LogP contribution in [0.1, 0.15) is 15.9 Å². The van der Waals surface area contributed by atoms with Crippen molar-refractivity contribution >= 4 is 39.3 Å². The number of rotatable bonds is 4. The molecule has 1 amide bonds. The van der Waals surface area contributed by atoms with Crippen LogP contribution in [0.3, 0.4) is 0 Å². The predicted molar refractivity (Wildman–Crippen MR) is 102 cm³/mol. The van der Waals surface area contributed by atoms with E-state index in [9.17, 15) is 4.79 Å². The number of aromatic nitrogens is 1. The molecule has 0 fully saturated rings. The summed E-state index contributed by atoms with van der Waals surface area (Å²) < 4.78 is 0.997. The topological polar surface area (TPSA) is 65.8 Å². The Morgan fingerprint density at radius 3 is 2.48 bits per heavy atom. The SMILES string of the molecule is N#Cc1ccc(NC(=O)c2cccnc2Sc2ccc(Br)cc2)cc1. The molecule has 0 saturated heterocycles. The zero-order valence-electron chi connectivity index (χ0n) is 12.9. The van der Waals surface area contributed by atoms with Gasteiger partial charge in [0.2, 0.25) is 0 Å². The number of benzene rings is 2. The number of nitrogens with one attached hydrogen (secondary N) is 1. The van der Waals surface area contributed by atoms with Crippen LogP contribution in [-0.2, 0) is 0 Å². The summed E-state index contributed by atoms with van der Waals surface area (Å²) in [5, 5.41) is 12.3. The number of carbonyl (C=O) groups excluding carboxylic acids is 1. The summed E-state index contributed by atoms with van der Waals surface area (Å²) >= 11 is 4.84. The van der Waals surface area contributed by atoms with Gasteiger partial charge in [0, 0.05) is 21.3 Å². The standard InChI is InChI=1S/C19H12BrN3OS/c20-14-5-9-16(10-6-14)25-19-17(2-1-11-22-19)18(24)23-15-7-3-13(12-21)4-8-15/h1-11H,(H,23,24). The first-order valence-corrected chi connectivity index (χ1v) is 8.96. The van der Waals surface area contributed by atoms with E-state index in [1.165, 1.54) is 11.8 Å². The van der Waals surface area contributed by atoms with Crippen molar-refractivity contribution in [2.75, 3.05) is 5.32 Å². The van der Waals surface area contributed by atoms with Crippen molar-refractivity contribution in [1.29, 1.82) is 5.26 Å². The molecule has 0 saturated carbocycles. The van der Waals surface area contributed by atoms with Crippen LogP contribution in [0.4, 0.5) is 5.69 Å². The summed E-state index contributed by atoms with van der Waals surface area (Å²) in [7, 11) is 0. The van der Waals surface area contributed by atoms with Crippen molar-refractivity contribution in [3.63, 3.8) is 0 Å². The number of hydrogen-bond donors (Lipinski definition) is 1. The van der Waals surface area contributed by atoms with E-state index < -0.39 is 0 Å². The highest BCUT2D eigenvalue weighted by molar-refractivity contribution is 9.10. The van der Waals surface area contributed by atoms with Crippen molar-refractivity contribution < 1.29 is 4.79 Å². The van der Waals surface area contributed by atoms with Crippen LogP contribution < -0.4 is 5.32 Å². The molecule has 1 aromatic heterocycles. The smallest absolute Gasteiger partial charge is 0.258 e. The van der Waals surface area contributed by atoms with Gasteiger partial charge in [-0.2, -0.15) is 5.26 Å². The molecule has 122 valence electrons. The molecule has 2 aromatic carbocycles. The predicted octanol–water partition coefficient (Wildman–Crippen LogP) is 5.12. The molecule has 0 aliphatic heterocycles. The molecule has 0 bridgehead atoms. The van der Waals surface area contributed by atoms with E-state index >= 15 is 0 Å². The fraction of sp³-hybridized carbons (Fsp3) is 0. The molecule has 0 radical (unpaired) electrons. The Labute approximate surface area is 158 Å². The van der Waals surface area contributed by atoms with Crippen molar-refractivity contribution in [3.05, 3.63) is 82.5 Å². The van der Waals surface area contributed by atoms with E-state index in [1.807, 2.05) is 24.3 Å². The number of hydrogen-bond acceptors (Lipinski definition) is 4. The lowest BCUT2D eigenvalue weighted by Crippen LogP contribution is -2.13. The normalized spacial score (nSPS) is 10.1. The van der Waals surface area contributed by atoms with E-state index in [4.69, 9.17) is 5.26 Å².